The smallest absolute Gasteiger partial charge is 0.308 e. The Labute approximate surface area is 213 Å². The highest BCUT2D eigenvalue weighted by atomic mass is 32.1. The first-order valence-corrected chi connectivity index (χ1v) is 12.6. The van der Waals surface area contributed by atoms with Crippen molar-refractivity contribution in [1.29, 1.82) is 0 Å². The molecule has 3 aromatic heterocycles. The molecular formula is C27H27N5O3S. The molecule has 0 bridgehead atoms. The largest absolute Gasteiger partial charge is 0.495 e. The molecule has 1 atom stereocenters. The normalized spacial score (nSPS) is 14.5. The number of fused-ring (bicyclic) bond motifs is 3. The van der Waals surface area contributed by atoms with Crippen LogP contribution in [0.25, 0.3) is 16.1 Å². The number of thiophene rings is 1. The molecule has 4 heterocycles. The molecule has 0 spiro atoms. The Hall–Kier alpha value is -3.85. The van der Waals surface area contributed by atoms with Crippen LogP contribution in [0.4, 0.5) is 0 Å². The molecule has 5 rings (SSSR count). The SMILES string of the molecule is CCOC(=O)C[C@@H]1N=C(c2ccc(-c3cncc(OC)c3)cc2)c2c(sc(C)c2C)-n2c(C)nnc21. The highest BCUT2D eigenvalue weighted by molar-refractivity contribution is 7.15. The number of pyridine rings is 1. The van der Waals surface area contributed by atoms with Gasteiger partial charge in [0.15, 0.2) is 5.82 Å². The molecule has 0 saturated carbocycles. The van der Waals surface area contributed by atoms with Crippen molar-refractivity contribution in [3.05, 3.63) is 75.9 Å². The van der Waals surface area contributed by atoms with Crippen LogP contribution in [0.2, 0.25) is 0 Å². The molecule has 1 aliphatic rings. The van der Waals surface area contributed by atoms with Crippen LogP contribution < -0.4 is 4.74 Å². The number of aryl methyl sites for hydroxylation is 2. The number of esters is 1. The number of methoxy groups -OCH3 is 1. The minimum absolute atomic E-state index is 0.0933. The number of ether oxygens (including phenoxy) is 2. The number of aliphatic imine (C=N–C) groups is 1. The summed E-state index contributed by atoms with van der Waals surface area (Å²) in [6, 6.07) is 9.68. The van der Waals surface area contributed by atoms with Gasteiger partial charge >= 0.3 is 5.97 Å². The van der Waals surface area contributed by atoms with Crippen molar-refractivity contribution < 1.29 is 14.3 Å². The summed E-state index contributed by atoms with van der Waals surface area (Å²) in [5.74, 6) is 1.81. The van der Waals surface area contributed by atoms with E-state index in [1.54, 1.807) is 31.6 Å². The van der Waals surface area contributed by atoms with Crippen LogP contribution in [-0.2, 0) is 9.53 Å². The summed E-state index contributed by atoms with van der Waals surface area (Å²) in [6.45, 7) is 8.27. The van der Waals surface area contributed by atoms with Crippen molar-refractivity contribution in [2.24, 2.45) is 4.99 Å². The Morgan fingerprint density at radius 2 is 1.81 bits per heavy atom. The molecule has 0 saturated heterocycles. The fourth-order valence-corrected chi connectivity index (χ4v) is 5.63. The molecule has 9 heteroatoms. The van der Waals surface area contributed by atoms with Gasteiger partial charge in [0.05, 0.1) is 32.0 Å². The monoisotopic (exact) mass is 501 g/mol. The molecule has 4 aromatic rings. The average Bonchev–Trinajstić information content (AvgIpc) is 3.36. The van der Waals surface area contributed by atoms with E-state index in [2.05, 4.69) is 53.3 Å². The topological polar surface area (TPSA) is 91.5 Å². The Kier molecular flexibility index (Phi) is 6.40. The van der Waals surface area contributed by atoms with Gasteiger partial charge in [0.25, 0.3) is 0 Å². The van der Waals surface area contributed by atoms with Crippen molar-refractivity contribution >= 4 is 23.0 Å². The van der Waals surface area contributed by atoms with Crippen LogP contribution in [0.5, 0.6) is 5.75 Å². The summed E-state index contributed by atoms with van der Waals surface area (Å²) in [7, 11) is 1.63. The molecule has 0 unspecified atom stereocenters. The summed E-state index contributed by atoms with van der Waals surface area (Å²) in [5, 5.41) is 9.78. The molecule has 1 aromatic carbocycles. The van der Waals surface area contributed by atoms with Crippen LogP contribution in [0.1, 0.15) is 52.6 Å². The van der Waals surface area contributed by atoms with E-state index in [1.807, 2.05) is 23.8 Å². The molecular weight excluding hydrogens is 474 g/mol. The van der Waals surface area contributed by atoms with Crippen LogP contribution in [-0.4, -0.2) is 45.1 Å². The van der Waals surface area contributed by atoms with Gasteiger partial charge in [0.1, 0.15) is 22.6 Å². The number of carbonyl (C=O) groups excluding carboxylic acids is 1. The number of benzene rings is 1. The Morgan fingerprint density at radius 1 is 1.06 bits per heavy atom. The highest BCUT2D eigenvalue weighted by Crippen LogP contribution is 2.39. The predicted octanol–water partition coefficient (Wildman–Crippen LogP) is 5.17. The fourth-order valence-electron chi connectivity index (χ4n) is 4.41. The molecule has 0 aliphatic carbocycles. The molecule has 0 fully saturated rings. The van der Waals surface area contributed by atoms with Crippen molar-refractivity contribution in [3.63, 3.8) is 0 Å². The third-order valence-corrected chi connectivity index (χ3v) is 7.54. The summed E-state index contributed by atoms with van der Waals surface area (Å²) < 4.78 is 12.6. The Balaban J connectivity index is 1.64. The average molecular weight is 502 g/mol. The first-order valence-electron chi connectivity index (χ1n) is 11.8. The van der Waals surface area contributed by atoms with Gasteiger partial charge in [-0.1, -0.05) is 24.3 Å². The molecule has 0 N–H and O–H groups in total. The maximum absolute atomic E-state index is 12.5. The maximum Gasteiger partial charge on any atom is 0.308 e. The first kappa shape index (κ1) is 23.9. The van der Waals surface area contributed by atoms with E-state index in [4.69, 9.17) is 14.5 Å². The van der Waals surface area contributed by atoms with E-state index in [1.165, 1.54) is 4.88 Å². The fraction of sp³-hybridized carbons (Fsp3) is 0.296. The van der Waals surface area contributed by atoms with Crippen molar-refractivity contribution in [3.8, 4) is 21.9 Å². The van der Waals surface area contributed by atoms with E-state index in [9.17, 15) is 4.79 Å². The number of rotatable bonds is 6. The highest BCUT2D eigenvalue weighted by Gasteiger charge is 2.32. The lowest BCUT2D eigenvalue weighted by molar-refractivity contribution is -0.143. The predicted molar refractivity (Wildman–Crippen MR) is 139 cm³/mol. The van der Waals surface area contributed by atoms with E-state index in [0.717, 1.165) is 44.4 Å². The van der Waals surface area contributed by atoms with Crippen molar-refractivity contribution in [1.82, 2.24) is 19.7 Å². The number of nitrogens with zero attached hydrogens (tertiary/aromatic N) is 5. The van der Waals surface area contributed by atoms with E-state index in [0.29, 0.717) is 18.2 Å². The molecule has 0 radical (unpaired) electrons. The van der Waals surface area contributed by atoms with E-state index in [-0.39, 0.29) is 12.4 Å². The van der Waals surface area contributed by atoms with Crippen molar-refractivity contribution in [2.75, 3.05) is 13.7 Å². The summed E-state index contributed by atoms with van der Waals surface area (Å²) in [6.07, 6.45) is 3.59. The van der Waals surface area contributed by atoms with Gasteiger partial charge in [0, 0.05) is 27.8 Å². The lowest BCUT2D eigenvalue weighted by Gasteiger charge is -2.12. The third-order valence-electron chi connectivity index (χ3n) is 6.35. The molecule has 184 valence electrons. The summed E-state index contributed by atoms with van der Waals surface area (Å²) >= 11 is 1.69. The van der Waals surface area contributed by atoms with Gasteiger partial charge in [-0.15, -0.1) is 21.5 Å². The second-order valence-corrected chi connectivity index (χ2v) is 9.80. The standard InChI is InChI=1S/C27H27N5O3S/c1-6-35-23(33)12-22-26-31-30-17(4)32(26)27-24(15(2)16(3)36-27)25(29-22)19-9-7-18(8-10-19)20-11-21(34-5)14-28-13-20/h7-11,13-14,22H,6,12H2,1-5H3/t22-/m0/s1. The Bertz CT molecular complexity index is 1470. The second-order valence-electron chi connectivity index (χ2n) is 8.60. The zero-order valence-corrected chi connectivity index (χ0v) is 21.7. The second kappa shape index (κ2) is 9.66. The van der Waals surface area contributed by atoms with Crippen LogP contribution in [0, 0.1) is 20.8 Å². The number of aromatic nitrogens is 4. The van der Waals surface area contributed by atoms with Crippen LogP contribution in [0.15, 0.2) is 47.7 Å². The lowest BCUT2D eigenvalue weighted by atomic mass is 9.97. The quantitative estimate of drug-likeness (QED) is 0.339. The molecule has 8 nitrogen and oxygen atoms in total. The number of carbonyl (C=O) groups is 1. The first-order chi connectivity index (χ1) is 17.4. The minimum atomic E-state index is -0.512. The summed E-state index contributed by atoms with van der Waals surface area (Å²) in [4.78, 5) is 23.1. The minimum Gasteiger partial charge on any atom is -0.495 e. The van der Waals surface area contributed by atoms with Gasteiger partial charge in [-0.2, -0.15) is 0 Å². The van der Waals surface area contributed by atoms with E-state index < -0.39 is 6.04 Å². The third kappa shape index (κ3) is 4.19. The molecule has 1 aliphatic heterocycles. The Morgan fingerprint density at radius 3 is 2.53 bits per heavy atom. The van der Waals surface area contributed by atoms with Crippen LogP contribution in [0.3, 0.4) is 0 Å². The van der Waals surface area contributed by atoms with E-state index >= 15 is 0 Å². The van der Waals surface area contributed by atoms with Gasteiger partial charge in [-0.05, 0) is 44.9 Å². The zero-order valence-electron chi connectivity index (χ0n) is 20.9. The van der Waals surface area contributed by atoms with Gasteiger partial charge in [0.2, 0.25) is 0 Å². The van der Waals surface area contributed by atoms with Gasteiger partial charge in [-0.3, -0.25) is 19.3 Å². The zero-order chi connectivity index (χ0) is 25.4. The maximum atomic E-state index is 12.5. The van der Waals surface area contributed by atoms with Gasteiger partial charge < -0.3 is 9.47 Å². The van der Waals surface area contributed by atoms with Crippen molar-refractivity contribution in [2.45, 2.75) is 40.2 Å². The van der Waals surface area contributed by atoms with Gasteiger partial charge in [-0.25, -0.2) is 0 Å². The number of hydrogen-bond acceptors (Lipinski definition) is 8. The molecule has 0 amide bonds. The molecule has 36 heavy (non-hydrogen) atoms. The van der Waals surface area contributed by atoms with Crippen LogP contribution >= 0.6 is 11.3 Å². The summed E-state index contributed by atoms with van der Waals surface area (Å²) in [5.41, 5.74) is 5.99. The number of hydrogen-bond donors (Lipinski definition) is 0. The lowest BCUT2D eigenvalue weighted by Crippen LogP contribution is -2.13.